The van der Waals surface area contributed by atoms with E-state index in [-0.39, 0.29) is 0 Å². The van der Waals surface area contributed by atoms with Gasteiger partial charge in [0.05, 0.1) is 0 Å². The van der Waals surface area contributed by atoms with Gasteiger partial charge in [0.2, 0.25) is 0 Å². The Labute approximate surface area is 481 Å². The van der Waals surface area contributed by atoms with Crippen LogP contribution < -0.4 is 0 Å². The van der Waals surface area contributed by atoms with E-state index in [4.69, 9.17) is 0 Å². The Morgan fingerprint density at radius 1 is 0.274 bits per heavy atom. The number of rotatable bonds is 3. The molecule has 0 aliphatic carbocycles. The lowest BCUT2D eigenvalue weighted by atomic mass is 9.89. The molecule has 0 amide bonds. The number of aromatic nitrogens is 3. The van der Waals surface area contributed by atoms with Crippen LogP contribution >= 0.6 is 0 Å². The molecule has 0 saturated carbocycles. The number of hydrogen-bond acceptors (Lipinski definition) is 0. The predicted molar refractivity (Wildman–Crippen MR) is 327 cm³/mol. The molecule has 3 aromatic heterocycles. The van der Waals surface area contributed by atoms with Crippen LogP contribution in [0.4, 0.5) is 25.9 Å². The highest BCUT2D eigenvalue weighted by atomic mass is 19.3. The molecule has 9 heterocycles. The van der Waals surface area contributed by atoms with Crippen LogP contribution in [0.1, 0.15) is 33.8 Å². The Morgan fingerprint density at radius 2 is 0.524 bits per heavy atom. The molecule has 84 heavy (non-hydrogen) atoms. The van der Waals surface area contributed by atoms with Gasteiger partial charge in [0.15, 0.2) is 17.1 Å². The highest BCUT2D eigenvalue weighted by molar-refractivity contribution is 6.58. The van der Waals surface area contributed by atoms with Crippen molar-refractivity contribution in [3.8, 4) is 68.9 Å². The highest BCUT2D eigenvalue weighted by Crippen LogP contribution is 2.38. The number of fused-ring (bicyclic) bond motifs is 6. The molecule has 0 fully saturated rings. The fourth-order valence-corrected chi connectivity index (χ4v) is 11.0. The number of hydrogen-bond donors (Lipinski definition) is 0. The van der Waals surface area contributed by atoms with E-state index >= 15 is 0 Å². The minimum atomic E-state index is -3.88. The monoisotopic (exact) mass is 1100 g/mol. The molecular formula is C69H45B3F6N6. The lowest BCUT2D eigenvalue weighted by Crippen LogP contribution is -2.49. The second-order valence-electron chi connectivity index (χ2n) is 20.3. The van der Waals surface area contributed by atoms with Crippen LogP contribution in [0, 0.1) is 35.5 Å². The molecule has 6 aromatic carbocycles. The van der Waals surface area contributed by atoms with E-state index in [1.54, 1.807) is 72.9 Å². The van der Waals surface area contributed by atoms with Gasteiger partial charge in [-0.05, 0) is 125 Å². The minimum Gasteiger partial charge on any atom is -0.395 e. The van der Waals surface area contributed by atoms with Gasteiger partial charge in [-0.3, -0.25) is 0 Å². The van der Waals surface area contributed by atoms with Gasteiger partial charge in [-0.25, -0.2) is 0 Å². The van der Waals surface area contributed by atoms with Crippen molar-refractivity contribution in [1.82, 2.24) is 13.4 Å². The summed E-state index contributed by atoms with van der Waals surface area (Å²) in [4.78, 5) is 0. The van der Waals surface area contributed by atoms with Crippen molar-refractivity contribution in [1.29, 1.82) is 0 Å². The van der Waals surface area contributed by atoms with E-state index in [9.17, 15) is 25.9 Å². The molecule has 15 heteroatoms. The number of nitrogens with zero attached hydrogens (tertiary/aromatic N) is 6. The molecule has 0 atom stereocenters. The molecule has 9 aromatic rings. The average molecular weight is 1100 g/mol. The van der Waals surface area contributed by atoms with Crippen LogP contribution in [0.2, 0.25) is 0 Å². The van der Waals surface area contributed by atoms with Crippen molar-refractivity contribution in [2.75, 3.05) is 0 Å². The van der Waals surface area contributed by atoms with Gasteiger partial charge in [0.25, 0.3) is 0 Å². The van der Waals surface area contributed by atoms with Gasteiger partial charge in [0, 0.05) is 70.2 Å². The van der Waals surface area contributed by atoms with Crippen LogP contribution in [0.25, 0.3) is 50.1 Å². The third-order valence-corrected chi connectivity index (χ3v) is 15.2. The molecule has 0 N–H and O–H groups in total. The Hall–Kier alpha value is -10.9. The summed E-state index contributed by atoms with van der Waals surface area (Å²) in [5.74, 6) is 18.8. The quantitative estimate of drug-likeness (QED) is 0.0957. The Balaban J connectivity index is 0.000000118. The first-order valence-electron chi connectivity index (χ1n) is 27.2. The zero-order valence-corrected chi connectivity index (χ0v) is 44.7. The molecule has 402 valence electrons. The van der Waals surface area contributed by atoms with E-state index in [0.717, 1.165) is 77.0 Å². The Morgan fingerprint density at radius 3 is 0.786 bits per heavy atom. The predicted octanol–water partition coefficient (Wildman–Crippen LogP) is 14.4. The molecule has 15 rings (SSSR count). The molecule has 0 spiro atoms. The zero-order chi connectivity index (χ0) is 57.4. The smallest absolute Gasteiger partial charge is 0.395 e. The molecule has 6 aliphatic heterocycles. The third kappa shape index (κ3) is 9.66. The molecule has 6 nitrogen and oxygen atoms in total. The fourth-order valence-electron chi connectivity index (χ4n) is 11.0. The van der Waals surface area contributed by atoms with Crippen LogP contribution in [0.15, 0.2) is 272 Å². The maximum absolute atomic E-state index is 14.7. The molecule has 0 bridgehead atoms. The van der Waals surface area contributed by atoms with E-state index < -0.39 is 20.9 Å². The van der Waals surface area contributed by atoms with Crippen molar-refractivity contribution in [3.63, 3.8) is 0 Å². The van der Waals surface area contributed by atoms with Gasteiger partial charge < -0.3 is 52.8 Å². The fraction of sp³-hybridized carbons (Fsp3) is 0. The van der Waals surface area contributed by atoms with E-state index in [1.807, 2.05) is 127 Å². The molecule has 0 radical (unpaired) electrons. The Kier molecular flexibility index (Phi) is 13.4. The van der Waals surface area contributed by atoms with Gasteiger partial charge in [-0.2, -0.15) is 0 Å². The largest absolute Gasteiger partial charge is 0.737 e. The first kappa shape index (κ1) is 52.4. The van der Waals surface area contributed by atoms with Gasteiger partial charge in [0.1, 0.15) is 35.4 Å². The highest BCUT2D eigenvalue weighted by Gasteiger charge is 2.53. The van der Waals surface area contributed by atoms with Gasteiger partial charge in [-0.15, -0.1) is 0 Å². The van der Waals surface area contributed by atoms with Crippen molar-refractivity contribution in [2.24, 2.45) is 0 Å². The van der Waals surface area contributed by atoms with Crippen LogP contribution in [0.5, 0.6) is 0 Å². The first-order valence-corrected chi connectivity index (χ1v) is 27.2. The zero-order valence-electron chi connectivity index (χ0n) is 44.7. The van der Waals surface area contributed by atoms with Crippen molar-refractivity contribution in [3.05, 3.63) is 306 Å². The summed E-state index contributed by atoms with van der Waals surface area (Å²) in [6.07, 6.45) is 18.4. The Bertz CT molecular complexity index is 4130. The van der Waals surface area contributed by atoms with E-state index in [1.165, 1.54) is 37.2 Å². The standard InChI is InChI=1S/3C23H15BF2N2/c3*25-24(26)27-16-4-8-22(27)21(23-9-5-17-28(23)24)15-12-18-10-13-20(14-11-18)19-6-2-1-3-7-19/h3*1-11,13-14,16-17H. The maximum Gasteiger partial charge on any atom is 0.737 e. The number of allylic oxidation sites excluding steroid dienone is 9. The summed E-state index contributed by atoms with van der Waals surface area (Å²) in [7, 11) is 0. The van der Waals surface area contributed by atoms with Crippen LogP contribution in [-0.4, -0.2) is 66.4 Å². The van der Waals surface area contributed by atoms with Crippen LogP contribution in [0.3, 0.4) is 0 Å². The molecule has 6 aliphatic rings. The number of halogens is 6. The first-order chi connectivity index (χ1) is 40.9. The third-order valence-electron chi connectivity index (χ3n) is 15.2. The molecule has 0 unspecified atom stereocenters. The SMILES string of the molecule is F[B-]1(F)n2cccc2C(C#Cc2ccc(-c3ccccc3)cc2)=C2C=CC=[N+]21.F[B-]1(F)n2cccc2C(C#Cc2ccc(-c3ccccc3)cc2)=C2C=CC=[N+]21.F[B-]1(F)n2cccc2C(C#Cc2ccc(-c3ccccc3)cc2)=C2C=CC=[N+]21. The van der Waals surface area contributed by atoms with Crippen molar-refractivity contribution in [2.45, 2.75) is 0 Å². The van der Waals surface area contributed by atoms with Crippen LogP contribution in [-0.2, 0) is 0 Å². The number of benzene rings is 6. The molecular weight excluding hydrogens is 1060 g/mol. The second kappa shape index (κ2) is 21.5. The summed E-state index contributed by atoms with van der Waals surface area (Å²) >= 11 is 0. The summed E-state index contributed by atoms with van der Waals surface area (Å²) in [5.41, 5.74) is 13.8. The lowest BCUT2D eigenvalue weighted by molar-refractivity contribution is -0.356. The maximum atomic E-state index is 14.7. The van der Waals surface area contributed by atoms with Gasteiger partial charge in [-0.1, -0.05) is 163 Å². The second-order valence-corrected chi connectivity index (χ2v) is 20.3. The summed E-state index contributed by atoms with van der Waals surface area (Å²) in [5, 5.41) is 0. The topological polar surface area (TPSA) is 23.8 Å². The van der Waals surface area contributed by atoms with E-state index in [0.29, 0.717) is 50.9 Å². The lowest BCUT2D eigenvalue weighted by Gasteiger charge is -2.29. The van der Waals surface area contributed by atoms with E-state index in [2.05, 4.69) is 71.9 Å². The summed E-state index contributed by atoms with van der Waals surface area (Å²) < 4.78 is 94.5. The minimum absolute atomic E-state index is 0.449. The average Bonchev–Trinajstić information content (AvgIpc) is 2.36. The molecule has 0 saturated heterocycles. The summed E-state index contributed by atoms with van der Waals surface area (Å²) in [6, 6.07) is 64.2. The van der Waals surface area contributed by atoms with Crippen molar-refractivity contribution >= 4 is 56.3 Å². The summed E-state index contributed by atoms with van der Waals surface area (Å²) in [6.45, 7) is -11.6. The normalized spacial score (nSPS) is 16.1. The van der Waals surface area contributed by atoms with Crippen molar-refractivity contribution < 1.29 is 39.4 Å². The van der Waals surface area contributed by atoms with Gasteiger partial charge >= 0.3 is 20.9 Å².